The van der Waals surface area contributed by atoms with Crippen LogP contribution in [0, 0.1) is 0 Å². The molecule has 1 saturated heterocycles. The summed E-state index contributed by atoms with van der Waals surface area (Å²) in [5.74, 6) is 1.22. The van der Waals surface area contributed by atoms with Crippen molar-refractivity contribution in [3.8, 4) is 28.4 Å². The Balaban J connectivity index is 2.04. The first kappa shape index (κ1) is 22.4. The molecule has 9 heteroatoms. The fourth-order valence-electron chi connectivity index (χ4n) is 4.53. The molecule has 0 radical (unpaired) electrons. The van der Waals surface area contributed by atoms with E-state index in [1.54, 1.807) is 26.4 Å². The van der Waals surface area contributed by atoms with Crippen LogP contribution in [-0.2, 0) is 16.0 Å². The Morgan fingerprint density at radius 2 is 1.85 bits per heavy atom. The van der Waals surface area contributed by atoms with Gasteiger partial charge in [-0.05, 0) is 47.7 Å². The summed E-state index contributed by atoms with van der Waals surface area (Å²) in [6.45, 7) is 1.96. The molecular weight excluding hydrogens is 428 g/mol. The van der Waals surface area contributed by atoms with Crippen LogP contribution in [-0.4, -0.2) is 46.5 Å². The van der Waals surface area contributed by atoms with E-state index in [1.807, 2.05) is 6.07 Å². The first-order valence-corrected chi connectivity index (χ1v) is 10.6. The normalized spacial score (nSPS) is 16.8. The van der Waals surface area contributed by atoms with E-state index in [9.17, 15) is 14.4 Å². The van der Waals surface area contributed by atoms with Gasteiger partial charge in [-0.15, -0.1) is 0 Å². The summed E-state index contributed by atoms with van der Waals surface area (Å²) in [7, 11) is 4.63. The highest BCUT2D eigenvalue weighted by Crippen LogP contribution is 2.50. The molecule has 2 amide bonds. The number of rotatable bonds is 5. The van der Waals surface area contributed by atoms with Crippen molar-refractivity contribution in [3.05, 3.63) is 45.6 Å². The zero-order valence-corrected chi connectivity index (χ0v) is 19.0. The molecule has 1 atom stereocenters. The molecule has 2 aliphatic rings. The quantitative estimate of drug-likeness (QED) is 0.741. The van der Waals surface area contributed by atoms with Crippen LogP contribution >= 0.6 is 0 Å². The third kappa shape index (κ3) is 3.94. The monoisotopic (exact) mass is 454 g/mol. The molecular formula is C24H26N2O7. The number of anilines is 1. The van der Waals surface area contributed by atoms with Gasteiger partial charge in [-0.3, -0.25) is 14.5 Å². The van der Waals surface area contributed by atoms with Gasteiger partial charge in [0.25, 0.3) is 0 Å². The van der Waals surface area contributed by atoms with Gasteiger partial charge in [0, 0.05) is 12.5 Å². The molecule has 1 heterocycles. The van der Waals surface area contributed by atoms with Crippen molar-refractivity contribution in [1.82, 2.24) is 5.32 Å². The molecule has 2 aromatic rings. The number of nitrogens with one attached hydrogen (secondary N) is 1. The molecule has 1 N–H and O–H groups in total. The smallest absolute Gasteiger partial charge is 0.414 e. The lowest BCUT2D eigenvalue weighted by molar-refractivity contribution is -0.119. The topological polar surface area (TPSA) is 103 Å². The number of nitrogens with zero attached hydrogens (tertiary/aromatic N) is 1. The van der Waals surface area contributed by atoms with Crippen molar-refractivity contribution in [1.29, 1.82) is 0 Å². The van der Waals surface area contributed by atoms with Gasteiger partial charge < -0.3 is 24.3 Å². The number of cyclic esters (lactones) is 1. The first-order chi connectivity index (χ1) is 15.9. The Hall–Kier alpha value is -3.75. The number of amides is 2. The van der Waals surface area contributed by atoms with E-state index >= 15 is 0 Å². The van der Waals surface area contributed by atoms with Gasteiger partial charge >= 0.3 is 6.09 Å². The standard InChI is InChI=1S/C24H26N2O7/c1-13(27)25-17-7-5-14-11-20(30-2)22(31-3)23(32-4)21(14)15-6-8-18(19(28)12-16(15)17)26-9-10-33-24(26)29/h6,8,11-12,17H,5,7,9-10H2,1-4H3,(H,25,27)/t17-/m0/s1. The van der Waals surface area contributed by atoms with Gasteiger partial charge in [-0.25, -0.2) is 4.79 Å². The number of aryl methyl sites for hydroxylation is 1. The summed E-state index contributed by atoms with van der Waals surface area (Å²) in [5.41, 5.74) is 2.90. The summed E-state index contributed by atoms with van der Waals surface area (Å²) in [4.78, 5) is 38.7. The summed E-state index contributed by atoms with van der Waals surface area (Å²) in [6, 6.07) is 6.36. The Morgan fingerprint density at radius 3 is 2.45 bits per heavy atom. The van der Waals surface area contributed by atoms with Crippen LogP contribution < -0.4 is 29.9 Å². The Morgan fingerprint density at radius 1 is 1.09 bits per heavy atom. The third-order valence-corrected chi connectivity index (χ3v) is 5.95. The molecule has 2 aromatic carbocycles. The predicted octanol–water partition coefficient (Wildman–Crippen LogP) is 2.82. The Kier molecular flexibility index (Phi) is 6.13. The summed E-state index contributed by atoms with van der Waals surface area (Å²) in [5, 5.41) is 2.96. The van der Waals surface area contributed by atoms with E-state index in [4.69, 9.17) is 18.9 Å². The van der Waals surface area contributed by atoms with Crippen LogP contribution in [0.5, 0.6) is 17.2 Å². The van der Waals surface area contributed by atoms with Crippen molar-refractivity contribution in [2.24, 2.45) is 0 Å². The minimum Gasteiger partial charge on any atom is -0.493 e. The molecule has 0 spiro atoms. The minimum absolute atomic E-state index is 0.207. The molecule has 1 aliphatic heterocycles. The first-order valence-electron chi connectivity index (χ1n) is 10.6. The maximum absolute atomic E-state index is 13.2. The number of methoxy groups -OCH3 is 3. The average Bonchev–Trinajstić information content (AvgIpc) is 3.07. The van der Waals surface area contributed by atoms with Crippen LogP contribution in [0.25, 0.3) is 11.1 Å². The number of fused-ring (bicyclic) bond motifs is 3. The number of hydrogen-bond donors (Lipinski definition) is 1. The van der Waals surface area contributed by atoms with E-state index in [1.165, 1.54) is 25.0 Å². The van der Waals surface area contributed by atoms with E-state index < -0.39 is 12.1 Å². The number of benzene rings is 1. The lowest BCUT2D eigenvalue weighted by Crippen LogP contribution is -2.28. The van der Waals surface area contributed by atoms with Crippen molar-refractivity contribution in [3.63, 3.8) is 0 Å². The van der Waals surface area contributed by atoms with E-state index in [-0.39, 0.29) is 23.6 Å². The molecule has 4 rings (SSSR count). The summed E-state index contributed by atoms with van der Waals surface area (Å²) in [6.07, 6.45) is 0.605. The van der Waals surface area contributed by atoms with E-state index in [0.717, 1.165) is 11.1 Å². The maximum Gasteiger partial charge on any atom is 0.414 e. The second kappa shape index (κ2) is 9.01. The highest BCUT2D eigenvalue weighted by Gasteiger charge is 2.31. The third-order valence-electron chi connectivity index (χ3n) is 5.95. The molecule has 1 fully saturated rings. The molecule has 174 valence electrons. The van der Waals surface area contributed by atoms with Crippen molar-refractivity contribution >= 4 is 17.7 Å². The van der Waals surface area contributed by atoms with Crippen LogP contribution in [0.1, 0.15) is 30.5 Å². The SMILES string of the molecule is COc1cc2c(c(OC)c1OC)-c1ccc(N3CCOC3=O)c(=O)cc1[C@@H](NC(C)=O)CC2. The van der Waals surface area contributed by atoms with Crippen LogP contribution in [0.15, 0.2) is 29.1 Å². The molecule has 0 bridgehead atoms. The zero-order chi connectivity index (χ0) is 23.7. The fraction of sp³-hybridized carbons (Fsp3) is 0.375. The highest BCUT2D eigenvalue weighted by atomic mass is 16.6. The van der Waals surface area contributed by atoms with Crippen molar-refractivity contribution in [2.75, 3.05) is 39.4 Å². The van der Waals surface area contributed by atoms with Gasteiger partial charge in [0.1, 0.15) is 6.61 Å². The molecule has 0 saturated carbocycles. The van der Waals surface area contributed by atoms with Crippen molar-refractivity contribution in [2.45, 2.75) is 25.8 Å². The number of ether oxygens (including phenoxy) is 4. The lowest BCUT2D eigenvalue weighted by Gasteiger charge is -2.19. The fourth-order valence-corrected chi connectivity index (χ4v) is 4.53. The van der Waals surface area contributed by atoms with Crippen LogP contribution in [0.3, 0.4) is 0 Å². The minimum atomic E-state index is -0.559. The average molecular weight is 454 g/mol. The summed E-state index contributed by atoms with van der Waals surface area (Å²) >= 11 is 0. The number of hydrogen-bond acceptors (Lipinski definition) is 7. The largest absolute Gasteiger partial charge is 0.493 e. The van der Waals surface area contributed by atoms with Crippen LogP contribution in [0.4, 0.5) is 10.5 Å². The number of carbonyl (C=O) groups is 2. The zero-order valence-electron chi connectivity index (χ0n) is 19.0. The second-order valence-electron chi connectivity index (χ2n) is 7.83. The van der Waals surface area contributed by atoms with Crippen molar-refractivity contribution < 1.29 is 28.5 Å². The Labute approximate surface area is 191 Å². The molecule has 9 nitrogen and oxygen atoms in total. The summed E-state index contributed by atoms with van der Waals surface area (Å²) < 4.78 is 21.9. The van der Waals surface area contributed by atoms with E-state index in [0.29, 0.717) is 47.8 Å². The van der Waals surface area contributed by atoms with Gasteiger partial charge in [-0.1, -0.05) is 6.07 Å². The lowest BCUT2D eigenvalue weighted by atomic mass is 9.95. The van der Waals surface area contributed by atoms with Gasteiger partial charge in [0.2, 0.25) is 17.1 Å². The van der Waals surface area contributed by atoms with Crippen LogP contribution in [0.2, 0.25) is 0 Å². The number of carbonyl (C=O) groups excluding carboxylic acids is 2. The molecule has 33 heavy (non-hydrogen) atoms. The molecule has 0 aromatic heterocycles. The van der Waals surface area contributed by atoms with Gasteiger partial charge in [0.05, 0.1) is 39.6 Å². The predicted molar refractivity (Wildman–Crippen MR) is 121 cm³/mol. The van der Waals surface area contributed by atoms with E-state index in [2.05, 4.69) is 5.32 Å². The Bertz CT molecular complexity index is 1180. The highest BCUT2D eigenvalue weighted by molar-refractivity contribution is 5.90. The molecule has 0 unspecified atom stereocenters. The van der Waals surface area contributed by atoms with Gasteiger partial charge in [-0.2, -0.15) is 0 Å². The second-order valence-corrected chi connectivity index (χ2v) is 7.83. The molecule has 1 aliphatic carbocycles. The maximum atomic E-state index is 13.2. The van der Waals surface area contributed by atoms with Gasteiger partial charge in [0.15, 0.2) is 11.5 Å².